The van der Waals surface area contributed by atoms with Gasteiger partial charge in [0.15, 0.2) is 5.96 Å². The molecule has 0 aromatic heterocycles. The Bertz CT molecular complexity index is 569. The summed E-state index contributed by atoms with van der Waals surface area (Å²) in [6.45, 7) is 5.64. The second-order valence-electron chi connectivity index (χ2n) is 6.74. The minimum Gasteiger partial charge on any atom is -0.490 e. The van der Waals surface area contributed by atoms with Crippen LogP contribution in [0.1, 0.15) is 45.4 Å². The Morgan fingerprint density at radius 3 is 2.59 bits per heavy atom. The summed E-state index contributed by atoms with van der Waals surface area (Å²) >= 11 is 0. The lowest BCUT2D eigenvalue weighted by atomic mass is 10.1. The van der Waals surface area contributed by atoms with Crippen molar-refractivity contribution in [3.63, 3.8) is 0 Å². The molecule has 27 heavy (non-hydrogen) atoms. The van der Waals surface area contributed by atoms with Crippen molar-refractivity contribution in [2.45, 2.75) is 51.6 Å². The molecule has 0 aliphatic carbocycles. The van der Waals surface area contributed by atoms with Crippen molar-refractivity contribution in [1.82, 2.24) is 10.2 Å². The topological polar surface area (TPSA) is 63.2 Å². The van der Waals surface area contributed by atoms with Crippen LogP contribution in [0.5, 0.6) is 5.75 Å². The molecule has 1 aromatic carbocycles. The van der Waals surface area contributed by atoms with Gasteiger partial charge in [0.1, 0.15) is 11.9 Å². The van der Waals surface area contributed by atoms with Crippen molar-refractivity contribution in [3.05, 3.63) is 30.3 Å². The number of aliphatic imine (C=N–C) groups is 1. The van der Waals surface area contributed by atoms with Crippen LogP contribution in [0.3, 0.4) is 0 Å². The molecule has 0 bridgehead atoms. The van der Waals surface area contributed by atoms with Crippen LogP contribution in [-0.4, -0.2) is 56.2 Å². The lowest BCUT2D eigenvalue weighted by Gasteiger charge is -2.34. The zero-order chi connectivity index (χ0) is 19.3. The van der Waals surface area contributed by atoms with E-state index >= 15 is 0 Å². The van der Waals surface area contributed by atoms with E-state index in [9.17, 15) is 4.79 Å². The third kappa shape index (κ3) is 7.89. The summed E-state index contributed by atoms with van der Waals surface area (Å²) in [5.41, 5.74) is 0. The molecular weight excluding hydrogens is 342 g/mol. The number of likely N-dealkylation sites (tertiary alicyclic amines) is 1. The van der Waals surface area contributed by atoms with Crippen LogP contribution in [0, 0.1) is 0 Å². The predicted molar refractivity (Wildman–Crippen MR) is 108 cm³/mol. The Labute approximate surface area is 162 Å². The van der Waals surface area contributed by atoms with Crippen molar-refractivity contribution in [3.8, 4) is 5.75 Å². The molecule has 1 heterocycles. The first-order valence-electron chi connectivity index (χ1n) is 10.0. The number of benzene rings is 1. The summed E-state index contributed by atoms with van der Waals surface area (Å²) < 4.78 is 10.7. The Kier molecular flexibility index (Phi) is 9.52. The first-order chi connectivity index (χ1) is 13.2. The van der Waals surface area contributed by atoms with Gasteiger partial charge in [-0.25, -0.2) is 0 Å². The Balaban J connectivity index is 1.72. The lowest BCUT2D eigenvalue weighted by Crippen LogP contribution is -2.47. The van der Waals surface area contributed by atoms with Crippen molar-refractivity contribution >= 4 is 11.9 Å². The molecule has 0 unspecified atom stereocenters. The number of para-hydroxylation sites is 1. The first-order valence-corrected chi connectivity index (χ1v) is 10.0. The fourth-order valence-corrected chi connectivity index (χ4v) is 3.15. The summed E-state index contributed by atoms with van der Waals surface area (Å²) in [6.07, 6.45) is 5.60. The quantitative estimate of drug-likeness (QED) is 0.311. The van der Waals surface area contributed by atoms with E-state index in [-0.39, 0.29) is 12.1 Å². The van der Waals surface area contributed by atoms with Gasteiger partial charge in [-0.15, -0.1) is 0 Å². The second kappa shape index (κ2) is 12.2. The Morgan fingerprint density at radius 1 is 1.19 bits per heavy atom. The van der Waals surface area contributed by atoms with Crippen molar-refractivity contribution < 1.29 is 14.3 Å². The second-order valence-corrected chi connectivity index (χ2v) is 6.74. The van der Waals surface area contributed by atoms with Crippen LogP contribution in [0.2, 0.25) is 0 Å². The van der Waals surface area contributed by atoms with Gasteiger partial charge in [-0.2, -0.15) is 0 Å². The molecule has 1 aliphatic heterocycles. The molecule has 0 radical (unpaired) electrons. The van der Waals surface area contributed by atoms with E-state index in [1.54, 1.807) is 0 Å². The number of ether oxygens (including phenoxy) is 2. The number of guanidine groups is 1. The molecule has 1 aromatic rings. The van der Waals surface area contributed by atoms with E-state index < -0.39 is 0 Å². The molecule has 0 amide bonds. The summed E-state index contributed by atoms with van der Waals surface area (Å²) in [6, 6.07) is 10.0. The number of piperidine rings is 1. The van der Waals surface area contributed by atoms with Gasteiger partial charge in [-0.05, 0) is 31.9 Å². The molecule has 1 fully saturated rings. The largest absolute Gasteiger partial charge is 0.490 e. The highest BCUT2D eigenvalue weighted by Gasteiger charge is 2.22. The Hall–Kier alpha value is -2.24. The minimum absolute atomic E-state index is 0.132. The number of hydrogen-bond acceptors (Lipinski definition) is 4. The van der Waals surface area contributed by atoms with Gasteiger partial charge < -0.3 is 19.7 Å². The molecule has 6 nitrogen and oxygen atoms in total. The van der Waals surface area contributed by atoms with Crippen LogP contribution in [0.25, 0.3) is 0 Å². The van der Waals surface area contributed by atoms with Crippen molar-refractivity contribution in [2.75, 3.05) is 33.3 Å². The molecular formula is C21H33N3O3. The third-order valence-corrected chi connectivity index (χ3v) is 4.65. The maximum Gasteiger partial charge on any atom is 0.305 e. The maximum absolute atomic E-state index is 11.1. The first kappa shape index (κ1) is 21.1. The molecule has 6 heteroatoms. The molecule has 1 aliphatic rings. The molecule has 150 valence electrons. The molecule has 0 spiro atoms. The van der Waals surface area contributed by atoms with Crippen LogP contribution >= 0.6 is 0 Å². The van der Waals surface area contributed by atoms with Gasteiger partial charge in [0.2, 0.25) is 0 Å². The predicted octanol–water partition coefficient (Wildman–Crippen LogP) is 3.23. The number of nitrogens with zero attached hydrogens (tertiary/aromatic N) is 2. The third-order valence-electron chi connectivity index (χ3n) is 4.65. The van der Waals surface area contributed by atoms with Crippen LogP contribution in [-0.2, 0) is 9.53 Å². The Morgan fingerprint density at radius 2 is 1.93 bits per heavy atom. The average molecular weight is 376 g/mol. The fourth-order valence-electron chi connectivity index (χ4n) is 3.15. The summed E-state index contributed by atoms with van der Waals surface area (Å²) in [5.74, 6) is 1.81. The smallest absolute Gasteiger partial charge is 0.305 e. The molecule has 1 N–H and O–H groups in total. The van der Waals surface area contributed by atoms with Gasteiger partial charge in [0.05, 0.1) is 7.11 Å². The molecule has 0 saturated carbocycles. The maximum atomic E-state index is 11.1. The fraction of sp³-hybridized carbons (Fsp3) is 0.619. The number of esters is 1. The van der Waals surface area contributed by atoms with Gasteiger partial charge >= 0.3 is 5.97 Å². The van der Waals surface area contributed by atoms with E-state index in [1.165, 1.54) is 7.11 Å². The van der Waals surface area contributed by atoms with Gasteiger partial charge in [-0.3, -0.25) is 9.79 Å². The number of hydrogen-bond donors (Lipinski definition) is 1. The van der Waals surface area contributed by atoms with Gasteiger partial charge in [-0.1, -0.05) is 24.6 Å². The van der Waals surface area contributed by atoms with E-state index in [0.29, 0.717) is 6.42 Å². The average Bonchev–Trinajstić information content (AvgIpc) is 2.71. The van der Waals surface area contributed by atoms with Crippen LogP contribution in [0.4, 0.5) is 0 Å². The highest BCUT2D eigenvalue weighted by molar-refractivity contribution is 5.80. The number of nitrogens with one attached hydrogen (secondary N) is 1. The normalized spacial score (nSPS) is 15.5. The highest BCUT2D eigenvalue weighted by Crippen LogP contribution is 2.18. The van der Waals surface area contributed by atoms with E-state index in [4.69, 9.17) is 9.73 Å². The van der Waals surface area contributed by atoms with E-state index in [2.05, 4.69) is 21.9 Å². The van der Waals surface area contributed by atoms with Crippen LogP contribution < -0.4 is 10.1 Å². The number of rotatable bonds is 9. The highest BCUT2D eigenvalue weighted by atomic mass is 16.5. The minimum atomic E-state index is -0.132. The summed E-state index contributed by atoms with van der Waals surface area (Å²) in [4.78, 5) is 18.2. The lowest BCUT2D eigenvalue weighted by molar-refractivity contribution is -0.140. The number of unbranched alkanes of at least 4 members (excludes halogenated alkanes) is 2. The monoisotopic (exact) mass is 375 g/mol. The van der Waals surface area contributed by atoms with E-state index in [1.807, 2.05) is 30.3 Å². The summed E-state index contributed by atoms with van der Waals surface area (Å²) in [7, 11) is 1.43. The van der Waals surface area contributed by atoms with E-state index in [0.717, 1.165) is 70.0 Å². The standard InChI is InChI=1S/C21H33N3O3/c1-3-22-21(23-15-9-5-8-12-20(25)26-2)24-16-13-19(14-17-24)27-18-10-6-4-7-11-18/h4,6-7,10-11,19H,3,5,8-9,12-17H2,1-2H3,(H,22,23). The molecule has 2 rings (SSSR count). The van der Waals surface area contributed by atoms with Gasteiger partial charge in [0.25, 0.3) is 0 Å². The molecule has 1 saturated heterocycles. The molecule has 0 atom stereocenters. The van der Waals surface area contributed by atoms with Crippen molar-refractivity contribution in [1.29, 1.82) is 0 Å². The number of methoxy groups -OCH3 is 1. The van der Waals surface area contributed by atoms with Crippen LogP contribution in [0.15, 0.2) is 35.3 Å². The zero-order valence-corrected chi connectivity index (χ0v) is 16.7. The SMILES string of the molecule is CCNC(=NCCCCCC(=O)OC)N1CCC(Oc2ccccc2)CC1. The van der Waals surface area contributed by atoms with Crippen molar-refractivity contribution in [2.24, 2.45) is 4.99 Å². The van der Waals surface area contributed by atoms with Gasteiger partial charge in [0, 0.05) is 45.4 Å². The summed E-state index contributed by atoms with van der Waals surface area (Å²) in [5, 5.41) is 3.40. The number of carbonyl (C=O) groups excluding carboxylic acids is 1. The zero-order valence-electron chi connectivity index (χ0n) is 16.7. The number of carbonyl (C=O) groups is 1.